The Labute approximate surface area is 133 Å². The quantitative estimate of drug-likeness (QED) is 0.674. The molecule has 3 aromatic rings. The first-order valence-corrected chi connectivity index (χ1v) is 8.47. The highest BCUT2D eigenvalue weighted by Gasteiger charge is 2.22. The number of thiazole rings is 1. The van der Waals surface area contributed by atoms with E-state index in [-0.39, 0.29) is 5.82 Å². The van der Waals surface area contributed by atoms with Crippen molar-refractivity contribution in [2.24, 2.45) is 0 Å². The third-order valence-electron chi connectivity index (χ3n) is 4.37. The van der Waals surface area contributed by atoms with Gasteiger partial charge >= 0.3 is 0 Å². The molecule has 1 saturated heterocycles. The monoisotopic (exact) mass is 312 g/mol. The maximum atomic E-state index is 13.4. The average molecular weight is 312 g/mol. The van der Waals surface area contributed by atoms with Crippen LogP contribution in [0.3, 0.4) is 0 Å². The molecule has 2 nitrogen and oxygen atoms in total. The van der Waals surface area contributed by atoms with Crippen molar-refractivity contribution in [2.75, 3.05) is 18.0 Å². The van der Waals surface area contributed by atoms with Crippen LogP contribution in [0.1, 0.15) is 24.3 Å². The van der Waals surface area contributed by atoms with Crippen molar-refractivity contribution in [1.82, 2.24) is 4.98 Å². The zero-order valence-electron chi connectivity index (χ0n) is 12.2. The van der Waals surface area contributed by atoms with Gasteiger partial charge in [-0.25, -0.2) is 9.37 Å². The molecule has 2 aromatic carbocycles. The number of hydrogen-bond donors (Lipinski definition) is 0. The zero-order valence-corrected chi connectivity index (χ0v) is 13.0. The number of halogens is 1. The van der Waals surface area contributed by atoms with Crippen molar-refractivity contribution >= 4 is 26.7 Å². The Morgan fingerprint density at radius 2 is 1.86 bits per heavy atom. The summed E-state index contributed by atoms with van der Waals surface area (Å²) in [7, 11) is 0. The second kappa shape index (κ2) is 5.69. The molecule has 0 unspecified atom stereocenters. The van der Waals surface area contributed by atoms with E-state index in [2.05, 4.69) is 23.1 Å². The molecule has 0 amide bonds. The maximum Gasteiger partial charge on any atom is 0.186 e. The molecule has 0 spiro atoms. The summed E-state index contributed by atoms with van der Waals surface area (Å²) < 4.78 is 14.6. The molecule has 1 aliphatic heterocycles. The van der Waals surface area contributed by atoms with Crippen LogP contribution in [0.25, 0.3) is 10.2 Å². The van der Waals surface area contributed by atoms with E-state index in [1.165, 1.54) is 10.8 Å². The number of anilines is 1. The fraction of sp³-hybridized carbons (Fsp3) is 0.278. The molecule has 0 aliphatic carbocycles. The molecule has 2 heterocycles. The highest BCUT2D eigenvalue weighted by atomic mass is 32.1. The number of piperidine rings is 1. The Balaban J connectivity index is 1.49. The lowest BCUT2D eigenvalue weighted by molar-refractivity contribution is 0.502. The molecule has 0 bridgehead atoms. The van der Waals surface area contributed by atoms with Gasteiger partial charge in [0.25, 0.3) is 0 Å². The van der Waals surface area contributed by atoms with E-state index in [1.54, 1.807) is 17.4 Å². The molecule has 0 atom stereocenters. The number of hydrogen-bond acceptors (Lipinski definition) is 3. The van der Waals surface area contributed by atoms with Crippen molar-refractivity contribution in [3.63, 3.8) is 0 Å². The van der Waals surface area contributed by atoms with E-state index in [0.717, 1.165) is 42.1 Å². The van der Waals surface area contributed by atoms with Crippen LogP contribution >= 0.6 is 11.3 Å². The topological polar surface area (TPSA) is 16.1 Å². The predicted molar refractivity (Wildman–Crippen MR) is 90.2 cm³/mol. The molecule has 4 rings (SSSR count). The summed E-state index contributed by atoms with van der Waals surface area (Å²) >= 11 is 1.76. The second-order valence-electron chi connectivity index (χ2n) is 5.78. The number of para-hydroxylation sites is 1. The minimum Gasteiger partial charge on any atom is -0.348 e. The Morgan fingerprint density at radius 3 is 2.64 bits per heavy atom. The lowest BCUT2D eigenvalue weighted by Gasteiger charge is -2.32. The zero-order chi connectivity index (χ0) is 14.9. The van der Waals surface area contributed by atoms with Crippen molar-refractivity contribution in [2.45, 2.75) is 18.8 Å². The van der Waals surface area contributed by atoms with Gasteiger partial charge in [-0.15, -0.1) is 0 Å². The molecule has 4 heteroatoms. The minimum absolute atomic E-state index is 0.133. The van der Waals surface area contributed by atoms with E-state index in [4.69, 9.17) is 4.98 Å². The van der Waals surface area contributed by atoms with Crippen LogP contribution < -0.4 is 4.90 Å². The SMILES string of the molecule is Fc1cccc(C2CCN(c3nc4ccccc4s3)CC2)c1. The third-order valence-corrected chi connectivity index (χ3v) is 5.47. The van der Waals surface area contributed by atoms with Crippen molar-refractivity contribution in [3.05, 3.63) is 59.9 Å². The van der Waals surface area contributed by atoms with E-state index >= 15 is 0 Å². The van der Waals surface area contributed by atoms with E-state index < -0.39 is 0 Å². The van der Waals surface area contributed by atoms with Crippen LogP contribution in [-0.4, -0.2) is 18.1 Å². The Bertz CT molecular complexity index is 757. The van der Waals surface area contributed by atoms with Gasteiger partial charge in [0, 0.05) is 13.1 Å². The number of aromatic nitrogens is 1. The average Bonchev–Trinajstić information content (AvgIpc) is 2.99. The standard InChI is InChI=1S/C18H17FN2S/c19-15-5-3-4-14(12-15)13-8-10-21(11-9-13)18-20-16-6-1-2-7-17(16)22-18/h1-7,12-13H,8-11H2. The number of benzene rings is 2. The molecule has 0 radical (unpaired) electrons. The van der Waals surface area contributed by atoms with E-state index in [0.29, 0.717) is 5.92 Å². The number of fused-ring (bicyclic) bond motifs is 1. The van der Waals surface area contributed by atoms with Gasteiger partial charge in [-0.05, 0) is 48.6 Å². The van der Waals surface area contributed by atoms with Crippen molar-refractivity contribution < 1.29 is 4.39 Å². The molecule has 0 N–H and O–H groups in total. The van der Waals surface area contributed by atoms with Crippen LogP contribution in [0.2, 0.25) is 0 Å². The molecule has 1 aromatic heterocycles. The third kappa shape index (κ3) is 2.59. The lowest BCUT2D eigenvalue weighted by atomic mass is 9.89. The molecule has 112 valence electrons. The first-order valence-electron chi connectivity index (χ1n) is 7.65. The summed E-state index contributed by atoms with van der Waals surface area (Å²) in [5.74, 6) is 0.326. The normalized spacial score (nSPS) is 16.3. The molecular weight excluding hydrogens is 295 g/mol. The molecule has 22 heavy (non-hydrogen) atoms. The summed E-state index contributed by atoms with van der Waals surface area (Å²) in [5, 5.41) is 1.11. The van der Waals surface area contributed by atoms with Gasteiger partial charge in [0.05, 0.1) is 10.2 Å². The smallest absolute Gasteiger partial charge is 0.186 e. The Morgan fingerprint density at radius 1 is 1.05 bits per heavy atom. The van der Waals surface area contributed by atoms with Crippen molar-refractivity contribution in [1.29, 1.82) is 0 Å². The van der Waals surface area contributed by atoms with Gasteiger partial charge in [0.1, 0.15) is 5.82 Å². The van der Waals surface area contributed by atoms with Gasteiger partial charge < -0.3 is 4.90 Å². The van der Waals surface area contributed by atoms with Crippen LogP contribution in [0.5, 0.6) is 0 Å². The van der Waals surface area contributed by atoms with E-state index in [9.17, 15) is 4.39 Å². The highest BCUT2D eigenvalue weighted by Crippen LogP contribution is 2.34. The molecule has 1 aliphatic rings. The van der Waals surface area contributed by atoms with Gasteiger partial charge in [0.15, 0.2) is 5.13 Å². The van der Waals surface area contributed by atoms with Gasteiger partial charge in [-0.2, -0.15) is 0 Å². The summed E-state index contributed by atoms with van der Waals surface area (Å²) in [6.45, 7) is 1.97. The predicted octanol–water partition coefficient (Wildman–Crippen LogP) is 4.82. The van der Waals surface area contributed by atoms with E-state index in [1.807, 2.05) is 18.2 Å². The summed E-state index contributed by atoms with van der Waals surface area (Å²) in [4.78, 5) is 7.09. The maximum absolute atomic E-state index is 13.4. The summed E-state index contributed by atoms with van der Waals surface area (Å²) in [6.07, 6.45) is 2.11. The van der Waals surface area contributed by atoms with Gasteiger partial charge in [0.2, 0.25) is 0 Å². The summed E-state index contributed by atoms with van der Waals surface area (Å²) in [6, 6.07) is 15.3. The van der Waals surface area contributed by atoms with Crippen LogP contribution in [0, 0.1) is 5.82 Å². The molecule has 1 fully saturated rings. The largest absolute Gasteiger partial charge is 0.348 e. The fourth-order valence-corrected chi connectivity index (χ4v) is 4.18. The van der Waals surface area contributed by atoms with Crippen molar-refractivity contribution in [3.8, 4) is 0 Å². The second-order valence-corrected chi connectivity index (χ2v) is 6.79. The summed E-state index contributed by atoms with van der Waals surface area (Å²) in [5.41, 5.74) is 2.21. The fourth-order valence-electron chi connectivity index (χ4n) is 3.16. The lowest BCUT2D eigenvalue weighted by Crippen LogP contribution is -2.32. The van der Waals surface area contributed by atoms with Gasteiger partial charge in [-0.1, -0.05) is 35.6 Å². The van der Waals surface area contributed by atoms with Crippen LogP contribution in [0.4, 0.5) is 9.52 Å². The van der Waals surface area contributed by atoms with Crippen LogP contribution in [-0.2, 0) is 0 Å². The number of nitrogens with zero attached hydrogens (tertiary/aromatic N) is 2. The Kier molecular flexibility index (Phi) is 3.54. The highest BCUT2D eigenvalue weighted by molar-refractivity contribution is 7.22. The number of rotatable bonds is 2. The first-order chi connectivity index (χ1) is 10.8. The Hall–Kier alpha value is -1.94. The molecular formula is C18H17FN2S. The minimum atomic E-state index is -0.133. The van der Waals surface area contributed by atoms with Gasteiger partial charge in [-0.3, -0.25) is 0 Å². The molecule has 0 saturated carbocycles. The van der Waals surface area contributed by atoms with Crippen LogP contribution in [0.15, 0.2) is 48.5 Å². The first kappa shape index (κ1) is 13.7.